The molecule has 1 heterocycles. The highest BCUT2D eigenvalue weighted by Crippen LogP contribution is 2.06. The lowest BCUT2D eigenvalue weighted by Gasteiger charge is -2.23. The van der Waals surface area contributed by atoms with Crippen LogP contribution in [0.1, 0.15) is 5.56 Å². The summed E-state index contributed by atoms with van der Waals surface area (Å²) in [6.45, 7) is 2.82. The molecule has 1 aromatic rings. The van der Waals surface area contributed by atoms with Crippen LogP contribution in [0.25, 0.3) is 0 Å². The van der Waals surface area contributed by atoms with Gasteiger partial charge in [-0.15, -0.1) is 12.4 Å². The van der Waals surface area contributed by atoms with E-state index < -0.39 is 0 Å². The van der Waals surface area contributed by atoms with Gasteiger partial charge in [-0.25, -0.2) is 0 Å². The van der Waals surface area contributed by atoms with Crippen molar-refractivity contribution in [1.82, 2.24) is 5.32 Å². The van der Waals surface area contributed by atoms with Crippen molar-refractivity contribution in [3.8, 4) is 0 Å². The number of morpholine rings is 1. The van der Waals surface area contributed by atoms with Crippen LogP contribution < -0.4 is 5.32 Å². The first kappa shape index (κ1) is 11.5. The molecule has 0 radical (unpaired) electrons. The average Bonchev–Trinajstić information content (AvgIpc) is 2.21. The molecule has 1 aliphatic heterocycles. The molecule has 1 N–H and O–H groups in total. The minimum absolute atomic E-state index is 0. The highest BCUT2D eigenvalue weighted by atomic mass is 35.5. The molecule has 1 aliphatic rings. The average molecular weight is 214 g/mol. The molecular formula is C11H16ClNO. The van der Waals surface area contributed by atoms with E-state index >= 15 is 0 Å². The summed E-state index contributed by atoms with van der Waals surface area (Å²) >= 11 is 0. The highest BCUT2D eigenvalue weighted by molar-refractivity contribution is 5.85. The molecule has 78 valence electrons. The Morgan fingerprint density at radius 1 is 1.29 bits per heavy atom. The molecule has 0 saturated carbocycles. The number of halogens is 1. The van der Waals surface area contributed by atoms with Crippen molar-refractivity contribution < 1.29 is 4.74 Å². The Hall–Kier alpha value is -0.570. The number of ether oxygens (including phenoxy) is 1. The third-order valence-electron chi connectivity index (χ3n) is 2.31. The number of hydrogen-bond acceptors (Lipinski definition) is 2. The second-order valence-electron chi connectivity index (χ2n) is 3.39. The molecule has 0 bridgehead atoms. The molecule has 0 amide bonds. The van der Waals surface area contributed by atoms with Gasteiger partial charge in [0.05, 0.1) is 12.7 Å². The molecule has 2 nitrogen and oxygen atoms in total. The summed E-state index contributed by atoms with van der Waals surface area (Å²) in [6, 6.07) is 10.5. The zero-order valence-electron chi connectivity index (χ0n) is 8.11. The summed E-state index contributed by atoms with van der Waals surface area (Å²) in [5, 5.41) is 3.33. The fourth-order valence-electron chi connectivity index (χ4n) is 1.63. The molecule has 1 unspecified atom stereocenters. The number of nitrogens with one attached hydrogen (secondary N) is 1. The third kappa shape index (κ3) is 3.29. The van der Waals surface area contributed by atoms with E-state index in [1.807, 2.05) is 6.07 Å². The zero-order chi connectivity index (χ0) is 8.93. The lowest BCUT2D eigenvalue weighted by atomic mass is 10.1. The van der Waals surface area contributed by atoms with E-state index in [2.05, 4.69) is 29.6 Å². The fourth-order valence-corrected chi connectivity index (χ4v) is 1.63. The lowest BCUT2D eigenvalue weighted by Crippen LogP contribution is -2.39. The van der Waals surface area contributed by atoms with Crippen LogP contribution in [-0.2, 0) is 11.2 Å². The summed E-state index contributed by atoms with van der Waals surface area (Å²) < 4.78 is 5.62. The van der Waals surface area contributed by atoms with E-state index in [0.29, 0.717) is 6.10 Å². The topological polar surface area (TPSA) is 21.3 Å². The Morgan fingerprint density at radius 2 is 2.07 bits per heavy atom. The maximum absolute atomic E-state index is 5.62. The SMILES string of the molecule is Cl.c1ccc(CC2CNCCO2)cc1. The molecule has 1 aromatic carbocycles. The lowest BCUT2D eigenvalue weighted by molar-refractivity contribution is 0.0292. The Kier molecular flexibility index (Phi) is 4.94. The maximum atomic E-state index is 5.62. The molecule has 0 spiro atoms. The maximum Gasteiger partial charge on any atom is 0.0740 e. The molecule has 2 rings (SSSR count). The van der Waals surface area contributed by atoms with Gasteiger partial charge in [-0.3, -0.25) is 0 Å². The van der Waals surface area contributed by atoms with Gasteiger partial charge < -0.3 is 10.1 Å². The van der Waals surface area contributed by atoms with Gasteiger partial charge in [0.25, 0.3) is 0 Å². The molecule has 0 aromatic heterocycles. The quantitative estimate of drug-likeness (QED) is 0.807. The van der Waals surface area contributed by atoms with Gasteiger partial charge in [0, 0.05) is 13.1 Å². The van der Waals surface area contributed by atoms with Crippen LogP contribution in [-0.4, -0.2) is 25.8 Å². The Morgan fingerprint density at radius 3 is 2.71 bits per heavy atom. The first-order valence-corrected chi connectivity index (χ1v) is 4.81. The van der Waals surface area contributed by atoms with Crippen LogP contribution in [0.2, 0.25) is 0 Å². The second-order valence-corrected chi connectivity index (χ2v) is 3.39. The van der Waals surface area contributed by atoms with Crippen molar-refractivity contribution in [1.29, 1.82) is 0 Å². The predicted octanol–water partition coefficient (Wildman–Crippen LogP) is 1.64. The van der Waals surface area contributed by atoms with E-state index in [0.717, 1.165) is 26.1 Å². The van der Waals surface area contributed by atoms with Crippen LogP contribution >= 0.6 is 12.4 Å². The summed E-state index contributed by atoms with van der Waals surface area (Å²) in [4.78, 5) is 0. The van der Waals surface area contributed by atoms with Gasteiger partial charge in [0.1, 0.15) is 0 Å². The van der Waals surface area contributed by atoms with Crippen molar-refractivity contribution >= 4 is 12.4 Å². The van der Waals surface area contributed by atoms with E-state index in [4.69, 9.17) is 4.74 Å². The monoisotopic (exact) mass is 213 g/mol. The standard InChI is InChI=1S/C11H15NO.ClH/c1-2-4-10(5-3-1)8-11-9-12-6-7-13-11;/h1-5,11-12H,6-9H2;1H. The van der Waals surface area contributed by atoms with Crippen molar-refractivity contribution in [2.75, 3.05) is 19.7 Å². The Labute approximate surface area is 91.1 Å². The van der Waals surface area contributed by atoms with Crippen molar-refractivity contribution in [2.45, 2.75) is 12.5 Å². The molecule has 1 fully saturated rings. The predicted molar refractivity (Wildman–Crippen MR) is 60.0 cm³/mol. The van der Waals surface area contributed by atoms with E-state index in [-0.39, 0.29) is 12.4 Å². The van der Waals surface area contributed by atoms with Crippen LogP contribution in [0.4, 0.5) is 0 Å². The third-order valence-corrected chi connectivity index (χ3v) is 2.31. The largest absolute Gasteiger partial charge is 0.375 e. The van der Waals surface area contributed by atoms with Gasteiger partial charge in [-0.2, -0.15) is 0 Å². The number of hydrogen-bond donors (Lipinski definition) is 1. The Balaban J connectivity index is 0.000000980. The van der Waals surface area contributed by atoms with Crippen LogP contribution in [0, 0.1) is 0 Å². The number of rotatable bonds is 2. The molecular weight excluding hydrogens is 198 g/mol. The van der Waals surface area contributed by atoms with Crippen LogP contribution in [0.5, 0.6) is 0 Å². The van der Waals surface area contributed by atoms with Crippen LogP contribution in [0.3, 0.4) is 0 Å². The van der Waals surface area contributed by atoms with Gasteiger partial charge in [0.15, 0.2) is 0 Å². The minimum atomic E-state index is 0. The Bertz CT molecular complexity index is 247. The van der Waals surface area contributed by atoms with Crippen molar-refractivity contribution in [2.24, 2.45) is 0 Å². The molecule has 3 heteroatoms. The first-order valence-electron chi connectivity index (χ1n) is 4.81. The smallest absolute Gasteiger partial charge is 0.0740 e. The van der Waals surface area contributed by atoms with Gasteiger partial charge in [0.2, 0.25) is 0 Å². The summed E-state index contributed by atoms with van der Waals surface area (Å²) in [7, 11) is 0. The zero-order valence-corrected chi connectivity index (χ0v) is 8.93. The highest BCUT2D eigenvalue weighted by Gasteiger charge is 2.12. The van der Waals surface area contributed by atoms with Crippen LogP contribution in [0.15, 0.2) is 30.3 Å². The minimum Gasteiger partial charge on any atom is -0.375 e. The number of benzene rings is 1. The summed E-state index contributed by atoms with van der Waals surface area (Å²) in [5.41, 5.74) is 1.36. The van der Waals surface area contributed by atoms with Gasteiger partial charge in [-0.1, -0.05) is 30.3 Å². The van der Waals surface area contributed by atoms with Crippen molar-refractivity contribution in [3.63, 3.8) is 0 Å². The molecule has 1 saturated heterocycles. The molecule has 14 heavy (non-hydrogen) atoms. The second kappa shape index (κ2) is 6.02. The first-order chi connectivity index (χ1) is 6.45. The summed E-state index contributed by atoms with van der Waals surface area (Å²) in [6.07, 6.45) is 1.38. The van der Waals surface area contributed by atoms with Gasteiger partial charge in [-0.05, 0) is 12.0 Å². The molecule has 0 aliphatic carbocycles. The van der Waals surface area contributed by atoms with E-state index in [9.17, 15) is 0 Å². The normalized spacial score (nSPS) is 21.3. The van der Waals surface area contributed by atoms with Gasteiger partial charge >= 0.3 is 0 Å². The summed E-state index contributed by atoms with van der Waals surface area (Å²) in [5.74, 6) is 0. The van der Waals surface area contributed by atoms with E-state index in [1.54, 1.807) is 0 Å². The molecule has 1 atom stereocenters. The van der Waals surface area contributed by atoms with Crippen molar-refractivity contribution in [3.05, 3.63) is 35.9 Å². The van der Waals surface area contributed by atoms with E-state index in [1.165, 1.54) is 5.56 Å². The fraction of sp³-hybridized carbons (Fsp3) is 0.455.